The van der Waals surface area contributed by atoms with E-state index in [0.29, 0.717) is 36.0 Å². The van der Waals surface area contributed by atoms with Gasteiger partial charge in [-0.1, -0.05) is 37.1 Å². The molecule has 1 aromatic heterocycles. The maximum Gasteiger partial charge on any atom is 0.243 e. The molecule has 0 radical (unpaired) electrons. The lowest BCUT2D eigenvalue weighted by Gasteiger charge is -2.26. The van der Waals surface area contributed by atoms with Gasteiger partial charge in [0.2, 0.25) is 15.9 Å². The maximum absolute atomic E-state index is 13.0. The van der Waals surface area contributed by atoms with Crippen molar-refractivity contribution in [2.45, 2.75) is 50.1 Å². The van der Waals surface area contributed by atoms with Crippen LogP contribution in [-0.4, -0.2) is 36.3 Å². The second-order valence-corrected chi connectivity index (χ2v) is 10.6. The van der Waals surface area contributed by atoms with Crippen molar-refractivity contribution in [1.29, 1.82) is 0 Å². The number of fused-ring (bicyclic) bond motifs is 1. The Hall–Kier alpha value is -2.35. The van der Waals surface area contributed by atoms with Crippen molar-refractivity contribution < 1.29 is 13.2 Å². The summed E-state index contributed by atoms with van der Waals surface area (Å²) in [7, 11) is -3.50. The molecule has 1 aliphatic rings. The van der Waals surface area contributed by atoms with E-state index in [-0.39, 0.29) is 5.91 Å². The molecule has 6 nitrogen and oxygen atoms in total. The third-order valence-corrected chi connectivity index (χ3v) is 8.16. The minimum Gasteiger partial charge on any atom is -0.350 e. The Labute approximate surface area is 194 Å². The fourth-order valence-corrected chi connectivity index (χ4v) is 6.06. The van der Waals surface area contributed by atoms with Gasteiger partial charge in [0.25, 0.3) is 0 Å². The lowest BCUT2D eigenvalue weighted by atomic mass is 10.1. The maximum atomic E-state index is 13.0. The van der Waals surface area contributed by atoms with Crippen LogP contribution < -0.4 is 5.32 Å². The molecule has 32 heavy (non-hydrogen) atoms. The second kappa shape index (κ2) is 9.65. The SMILES string of the molecule is CC[C@@H](C(=O)NCc1cccc(Cl)c1)n1ccc2cc(S(=O)(=O)N3CCCCC3)ccc21. The molecule has 1 amide bonds. The van der Waals surface area contributed by atoms with Crippen molar-refractivity contribution in [1.82, 2.24) is 14.2 Å². The van der Waals surface area contributed by atoms with Crippen LogP contribution in [-0.2, 0) is 21.4 Å². The van der Waals surface area contributed by atoms with Gasteiger partial charge in [-0.3, -0.25) is 4.79 Å². The molecule has 1 aliphatic heterocycles. The van der Waals surface area contributed by atoms with Crippen LogP contribution in [0.1, 0.15) is 44.2 Å². The minimum atomic E-state index is -3.50. The van der Waals surface area contributed by atoms with Crippen molar-refractivity contribution in [2.75, 3.05) is 13.1 Å². The molecule has 0 aliphatic carbocycles. The first-order valence-corrected chi connectivity index (χ1v) is 12.8. The number of carbonyl (C=O) groups is 1. The van der Waals surface area contributed by atoms with Crippen molar-refractivity contribution in [3.63, 3.8) is 0 Å². The number of sulfonamides is 1. The van der Waals surface area contributed by atoms with E-state index in [1.807, 2.05) is 42.0 Å². The van der Waals surface area contributed by atoms with Gasteiger partial charge in [-0.25, -0.2) is 8.42 Å². The molecule has 0 bridgehead atoms. The van der Waals surface area contributed by atoms with Crippen molar-refractivity contribution in [3.8, 4) is 0 Å². The van der Waals surface area contributed by atoms with Crippen molar-refractivity contribution in [2.24, 2.45) is 0 Å². The summed E-state index contributed by atoms with van der Waals surface area (Å²) in [4.78, 5) is 13.2. The van der Waals surface area contributed by atoms with E-state index in [1.165, 1.54) is 0 Å². The summed E-state index contributed by atoms with van der Waals surface area (Å²) in [6.45, 7) is 3.51. The summed E-state index contributed by atoms with van der Waals surface area (Å²) >= 11 is 6.03. The highest BCUT2D eigenvalue weighted by Crippen LogP contribution is 2.27. The van der Waals surface area contributed by atoms with E-state index < -0.39 is 16.1 Å². The predicted molar refractivity (Wildman–Crippen MR) is 127 cm³/mol. The average Bonchev–Trinajstić information content (AvgIpc) is 3.22. The Balaban J connectivity index is 1.54. The zero-order valence-electron chi connectivity index (χ0n) is 18.1. The first kappa shape index (κ1) is 22.8. The Morgan fingerprint density at radius 3 is 2.59 bits per heavy atom. The molecular formula is C24H28ClN3O3S. The van der Waals surface area contributed by atoms with Gasteiger partial charge in [-0.2, -0.15) is 4.31 Å². The van der Waals surface area contributed by atoms with Gasteiger partial charge in [-0.15, -0.1) is 0 Å². The summed E-state index contributed by atoms with van der Waals surface area (Å²) in [5.74, 6) is -0.0880. The number of hydrogen-bond donors (Lipinski definition) is 1. The van der Waals surface area contributed by atoms with E-state index in [0.717, 1.165) is 35.7 Å². The summed E-state index contributed by atoms with van der Waals surface area (Å²) in [5.41, 5.74) is 1.78. The number of hydrogen-bond acceptors (Lipinski definition) is 3. The number of halogens is 1. The Bertz CT molecular complexity index is 1220. The summed E-state index contributed by atoms with van der Waals surface area (Å²) < 4.78 is 29.5. The number of amides is 1. The van der Waals surface area contributed by atoms with Crippen LogP contribution in [0.2, 0.25) is 5.02 Å². The van der Waals surface area contributed by atoms with Gasteiger partial charge in [0.1, 0.15) is 6.04 Å². The Kier molecular flexibility index (Phi) is 6.88. The summed E-state index contributed by atoms with van der Waals surface area (Å²) in [5, 5.41) is 4.43. The number of piperidine rings is 1. The minimum absolute atomic E-state index is 0.0880. The van der Waals surface area contributed by atoms with Crippen molar-refractivity contribution >= 4 is 38.4 Å². The smallest absolute Gasteiger partial charge is 0.243 e. The van der Waals surface area contributed by atoms with Gasteiger partial charge < -0.3 is 9.88 Å². The molecule has 2 heterocycles. The van der Waals surface area contributed by atoms with Crippen LogP contribution in [0.4, 0.5) is 0 Å². The zero-order valence-corrected chi connectivity index (χ0v) is 19.7. The van der Waals surface area contributed by atoms with E-state index in [4.69, 9.17) is 11.6 Å². The quantitative estimate of drug-likeness (QED) is 0.538. The number of aromatic nitrogens is 1. The molecule has 2 aromatic carbocycles. The lowest BCUT2D eigenvalue weighted by molar-refractivity contribution is -0.124. The predicted octanol–water partition coefficient (Wildman–Crippen LogP) is 4.74. The monoisotopic (exact) mass is 473 g/mol. The van der Waals surface area contributed by atoms with Crippen molar-refractivity contribution in [3.05, 3.63) is 65.3 Å². The van der Waals surface area contributed by atoms with Crippen LogP contribution in [0.25, 0.3) is 10.9 Å². The largest absolute Gasteiger partial charge is 0.350 e. The molecule has 170 valence electrons. The molecule has 0 saturated carbocycles. The average molecular weight is 474 g/mol. The molecule has 1 fully saturated rings. The van der Waals surface area contributed by atoms with Gasteiger partial charge >= 0.3 is 0 Å². The summed E-state index contributed by atoms with van der Waals surface area (Å²) in [6, 6.07) is 14.1. The molecule has 0 spiro atoms. The van der Waals surface area contributed by atoms with Gasteiger partial charge in [0.05, 0.1) is 4.90 Å². The number of nitrogens with one attached hydrogen (secondary N) is 1. The highest BCUT2D eigenvalue weighted by Gasteiger charge is 2.27. The fraction of sp³-hybridized carbons (Fsp3) is 0.375. The van der Waals surface area contributed by atoms with Crippen LogP contribution >= 0.6 is 11.6 Å². The lowest BCUT2D eigenvalue weighted by Crippen LogP contribution is -2.35. The van der Waals surface area contributed by atoms with E-state index in [9.17, 15) is 13.2 Å². The molecule has 8 heteroatoms. The van der Waals surface area contributed by atoms with Crippen LogP contribution in [0.5, 0.6) is 0 Å². The van der Waals surface area contributed by atoms with Crippen LogP contribution in [0.3, 0.4) is 0 Å². The molecule has 0 unspecified atom stereocenters. The first-order valence-electron chi connectivity index (χ1n) is 11.0. The second-order valence-electron chi connectivity index (χ2n) is 8.18. The normalized spacial score (nSPS) is 16.2. The highest BCUT2D eigenvalue weighted by atomic mass is 35.5. The fourth-order valence-electron chi connectivity index (χ4n) is 4.29. The highest BCUT2D eigenvalue weighted by molar-refractivity contribution is 7.89. The van der Waals surface area contributed by atoms with E-state index >= 15 is 0 Å². The Morgan fingerprint density at radius 1 is 1.09 bits per heavy atom. The van der Waals surface area contributed by atoms with Gasteiger partial charge in [0, 0.05) is 41.8 Å². The molecule has 3 aromatic rings. The van der Waals surface area contributed by atoms with E-state index in [2.05, 4.69) is 5.32 Å². The molecule has 1 saturated heterocycles. The third-order valence-electron chi connectivity index (χ3n) is 6.03. The third kappa shape index (κ3) is 4.70. The van der Waals surface area contributed by atoms with Gasteiger partial charge in [-0.05, 0) is 61.2 Å². The van der Waals surface area contributed by atoms with Gasteiger partial charge in [0.15, 0.2) is 0 Å². The molecular weight excluding hydrogens is 446 g/mol. The van der Waals surface area contributed by atoms with Crippen LogP contribution in [0.15, 0.2) is 59.6 Å². The van der Waals surface area contributed by atoms with E-state index in [1.54, 1.807) is 28.6 Å². The Morgan fingerprint density at radius 2 is 1.88 bits per heavy atom. The zero-order chi connectivity index (χ0) is 22.7. The summed E-state index contributed by atoms with van der Waals surface area (Å²) in [6.07, 6.45) is 5.35. The molecule has 1 atom stereocenters. The topological polar surface area (TPSA) is 71.4 Å². The number of nitrogens with zero attached hydrogens (tertiary/aromatic N) is 2. The number of carbonyl (C=O) groups excluding carboxylic acids is 1. The molecule has 4 rings (SSSR count). The first-order chi connectivity index (χ1) is 15.4. The standard InChI is InChI=1S/C24H28ClN3O3S/c1-2-22(24(29)26-17-18-7-6-8-20(25)15-18)28-14-11-19-16-21(9-10-23(19)28)32(30,31)27-12-4-3-5-13-27/h6-11,14-16,22H,2-5,12-13,17H2,1H3,(H,26,29)/t22-/m0/s1. The number of rotatable bonds is 7. The van der Waals surface area contributed by atoms with Crippen LogP contribution in [0, 0.1) is 0 Å². The molecule has 1 N–H and O–H groups in total. The number of benzene rings is 2.